The van der Waals surface area contributed by atoms with E-state index in [1.807, 2.05) is 6.20 Å². The van der Waals surface area contributed by atoms with Crippen LogP contribution in [0.3, 0.4) is 0 Å². The molecule has 92 valence electrons. The Balaban J connectivity index is 1.92. The molecular formula is C12H15BrN2S2. The van der Waals surface area contributed by atoms with E-state index in [0.29, 0.717) is 6.04 Å². The van der Waals surface area contributed by atoms with Crippen molar-refractivity contribution < 1.29 is 0 Å². The summed E-state index contributed by atoms with van der Waals surface area (Å²) in [6.07, 6.45) is 3.05. The topological polar surface area (TPSA) is 24.9 Å². The minimum Gasteiger partial charge on any atom is -0.303 e. The lowest BCUT2D eigenvalue weighted by molar-refractivity contribution is 0.580. The molecule has 1 unspecified atom stereocenters. The van der Waals surface area contributed by atoms with Crippen molar-refractivity contribution in [2.45, 2.75) is 32.9 Å². The van der Waals surface area contributed by atoms with Crippen LogP contribution in [0.15, 0.2) is 22.1 Å². The third-order valence-electron chi connectivity index (χ3n) is 2.55. The highest BCUT2D eigenvalue weighted by Crippen LogP contribution is 2.29. The molecule has 0 saturated carbocycles. The maximum Gasteiger partial charge on any atom is 0.107 e. The minimum atomic E-state index is 0.360. The molecular weight excluding hydrogens is 316 g/mol. The Bertz CT molecular complexity index is 478. The van der Waals surface area contributed by atoms with Crippen LogP contribution in [0.25, 0.3) is 0 Å². The Labute approximate surface area is 118 Å². The van der Waals surface area contributed by atoms with Crippen LogP contribution in [0.1, 0.15) is 34.7 Å². The highest BCUT2D eigenvalue weighted by molar-refractivity contribution is 9.10. The fourth-order valence-electron chi connectivity index (χ4n) is 1.54. The summed E-state index contributed by atoms with van der Waals surface area (Å²) >= 11 is 7.14. The molecule has 1 N–H and O–H groups in total. The summed E-state index contributed by atoms with van der Waals surface area (Å²) in [5.74, 6) is 0. The van der Waals surface area contributed by atoms with Gasteiger partial charge in [-0.15, -0.1) is 22.7 Å². The number of nitrogens with one attached hydrogen (secondary N) is 1. The Morgan fingerprint density at radius 3 is 2.94 bits per heavy atom. The Kier molecular flexibility index (Phi) is 4.73. The predicted molar refractivity (Wildman–Crippen MR) is 78.8 cm³/mol. The average Bonchev–Trinajstić information content (AvgIpc) is 2.94. The Morgan fingerprint density at radius 2 is 2.35 bits per heavy atom. The largest absolute Gasteiger partial charge is 0.303 e. The van der Waals surface area contributed by atoms with Crippen LogP contribution in [0.2, 0.25) is 0 Å². The van der Waals surface area contributed by atoms with Crippen LogP contribution in [0.4, 0.5) is 0 Å². The molecule has 0 radical (unpaired) electrons. The maximum atomic E-state index is 4.41. The maximum absolute atomic E-state index is 4.41. The molecule has 0 fully saturated rings. The number of halogens is 1. The summed E-state index contributed by atoms with van der Waals surface area (Å²) in [6, 6.07) is 2.45. The second-order valence-corrected chi connectivity index (χ2v) is 6.81. The van der Waals surface area contributed by atoms with Crippen molar-refractivity contribution in [2.75, 3.05) is 0 Å². The number of nitrogens with zero attached hydrogens (tertiary/aromatic N) is 1. The Hall–Kier alpha value is -0.230. The lowest BCUT2D eigenvalue weighted by Gasteiger charge is -2.11. The molecule has 0 aliphatic heterocycles. The molecule has 5 heteroatoms. The summed E-state index contributed by atoms with van der Waals surface area (Å²) in [5, 5.41) is 6.78. The number of thiophene rings is 1. The number of aryl methyl sites for hydroxylation is 1. The van der Waals surface area contributed by atoms with Crippen LogP contribution < -0.4 is 5.32 Å². The molecule has 17 heavy (non-hydrogen) atoms. The van der Waals surface area contributed by atoms with E-state index in [4.69, 9.17) is 0 Å². The van der Waals surface area contributed by atoms with E-state index in [9.17, 15) is 0 Å². The highest BCUT2D eigenvalue weighted by atomic mass is 79.9. The van der Waals surface area contributed by atoms with Crippen molar-refractivity contribution in [1.29, 1.82) is 0 Å². The normalized spacial score (nSPS) is 12.9. The number of hydrogen-bond donors (Lipinski definition) is 1. The van der Waals surface area contributed by atoms with Gasteiger partial charge in [-0.1, -0.05) is 6.92 Å². The monoisotopic (exact) mass is 330 g/mol. The molecule has 0 aliphatic rings. The summed E-state index contributed by atoms with van der Waals surface area (Å²) < 4.78 is 1.19. The molecule has 2 aromatic heterocycles. The molecule has 0 amide bonds. The van der Waals surface area contributed by atoms with E-state index in [1.54, 1.807) is 22.7 Å². The van der Waals surface area contributed by atoms with Gasteiger partial charge in [-0.25, -0.2) is 4.98 Å². The third kappa shape index (κ3) is 3.37. The van der Waals surface area contributed by atoms with Gasteiger partial charge in [0.2, 0.25) is 0 Å². The van der Waals surface area contributed by atoms with E-state index >= 15 is 0 Å². The Morgan fingerprint density at radius 1 is 1.53 bits per heavy atom. The molecule has 0 saturated heterocycles. The van der Waals surface area contributed by atoms with Gasteiger partial charge in [-0.3, -0.25) is 0 Å². The number of thiazole rings is 1. The summed E-state index contributed by atoms with van der Waals surface area (Å²) in [6.45, 7) is 5.19. The van der Waals surface area contributed by atoms with Gasteiger partial charge in [0.05, 0.1) is 0 Å². The minimum absolute atomic E-state index is 0.360. The number of aromatic nitrogens is 1. The summed E-state index contributed by atoms with van der Waals surface area (Å²) in [5.41, 5.74) is 0. The molecule has 0 aromatic carbocycles. The van der Waals surface area contributed by atoms with Crippen molar-refractivity contribution in [1.82, 2.24) is 10.3 Å². The van der Waals surface area contributed by atoms with Crippen LogP contribution in [0.5, 0.6) is 0 Å². The molecule has 2 heterocycles. The van der Waals surface area contributed by atoms with E-state index in [1.165, 1.54) is 19.2 Å². The van der Waals surface area contributed by atoms with Gasteiger partial charge >= 0.3 is 0 Å². The second kappa shape index (κ2) is 6.09. The van der Waals surface area contributed by atoms with Crippen LogP contribution in [-0.4, -0.2) is 4.98 Å². The van der Waals surface area contributed by atoms with Crippen molar-refractivity contribution in [3.8, 4) is 0 Å². The molecule has 2 nitrogen and oxygen atoms in total. The van der Waals surface area contributed by atoms with Crippen molar-refractivity contribution in [3.05, 3.63) is 36.9 Å². The quantitative estimate of drug-likeness (QED) is 0.879. The first-order valence-corrected chi connectivity index (χ1v) is 8.09. The molecule has 0 spiro atoms. The van der Waals surface area contributed by atoms with E-state index < -0.39 is 0 Å². The number of rotatable bonds is 5. The van der Waals surface area contributed by atoms with Gasteiger partial charge in [0, 0.05) is 33.0 Å². The first kappa shape index (κ1) is 13.2. The first-order chi connectivity index (χ1) is 8.20. The van der Waals surface area contributed by atoms with Gasteiger partial charge in [0.25, 0.3) is 0 Å². The third-order valence-corrected chi connectivity index (χ3v) is 5.74. The summed E-state index contributed by atoms with van der Waals surface area (Å²) in [7, 11) is 0. The fraction of sp³-hybridized carbons (Fsp3) is 0.417. The SMILES string of the molecule is CCc1cnc(CNC(C)c2sccc2Br)s1. The van der Waals surface area contributed by atoms with Gasteiger partial charge in [-0.2, -0.15) is 0 Å². The van der Waals surface area contributed by atoms with E-state index in [2.05, 4.69) is 51.5 Å². The van der Waals surface area contributed by atoms with Gasteiger partial charge in [-0.05, 0) is 40.7 Å². The zero-order chi connectivity index (χ0) is 12.3. The lowest BCUT2D eigenvalue weighted by atomic mass is 10.3. The zero-order valence-corrected chi connectivity index (χ0v) is 13.1. The number of hydrogen-bond acceptors (Lipinski definition) is 4. The standard InChI is InChI=1S/C12H15BrN2S2/c1-3-9-6-15-11(17-9)7-14-8(2)12-10(13)4-5-16-12/h4-6,8,14H,3,7H2,1-2H3. The zero-order valence-electron chi connectivity index (χ0n) is 9.87. The van der Waals surface area contributed by atoms with Crippen molar-refractivity contribution in [3.63, 3.8) is 0 Å². The van der Waals surface area contributed by atoms with Crippen LogP contribution in [0, 0.1) is 0 Å². The van der Waals surface area contributed by atoms with Crippen LogP contribution in [-0.2, 0) is 13.0 Å². The smallest absolute Gasteiger partial charge is 0.107 e. The second-order valence-electron chi connectivity index (χ2n) is 3.81. The molecule has 2 rings (SSSR count). The highest BCUT2D eigenvalue weighted by Gasteiger charge is 2.11. The average molecular weight is 331 g/mol. The van der Waals surface area contributed by atoms with Gasteiger partial charge in [0.1, 0.15) is 5.01 Å². The van der Waals surface area contributed by atoms with Gasteiger partial charge in [0.15, 0.2) is 0 Å². The van der Waals surface area contributed by atoms with Crippen molar-refractivity contribution >= 4 is 38.6 Å². The molecule has 0 bridgehead atoms. The van der Waals surface area contributed by atoms with Crippen LogP contribution >= 0.6 is 38.6 Å². The summed E-state index contributed by atoms with van der Waals surface area (Å²) in [4.78, 5) is 7.11. The van der Waals surface area contributed by atoms with Crippen molar-refractivity contribution in [2.24, 2.45) is 0 Å². The van der Waals surface area contributed by atoms with E-state index in [-0.39, 0.29) is 0 Å². The first-order valence-electron chi connectivity index (χ1n) is 5.60. The molecule has 1 atom stereocenters. The molecule has 2 aromatic rings. The molecule has 0 aliphatic carbocycles. The predicted octanol–water partition coefficient (Wildman–Crippen LogP) is 4.38. The van der Waals surface area contributed by atoms with Gasteiger partial charge < -0.3 is 5.32 Å². The van der Waals surface area contributed by atoms with E-state index in [0.717, 1.165) is 13.0 Å². The fourth-order valence-corrected chi connectivity index (χ4v) is 4.10. The lowest BCUT2D eigenvalue weighted by Crippen LogP contribution is -2.17.